The van der Waals surface area contributed by atoms with Crippen molar-refractivity contribution in [2.75, 3.05) is 11.9 Å². The largest absolute Gasteiger partial charge is 0.493 e. The maximum absolute atomic E-state index is 5.52. The number of anilines is 1. The normalized spacial score (nSPS) is 13.9. The lowest BCUT2D eigenvalue weighted by Gasteiger charge is -2.18. The summed E-state index contributed by atoms with van der Waals surface area (Å²) in [6, 6.07) is 6.29. The number of hydrogen-bond acceptors (Lipinski definition) is 3. The van der Waals surface area contributed by atoms with Crippen LogP contribution in [0, 0.1) is 0 Å². The van der Waals surface area contributed by atoms with Crippen molar-refractivity contribution in [1.82, 2.24) is 9.78 Å². The summed E-state index contributed by atoms with van der Waals surface area (Å²) in [5, 5.41) is 7.86. The van der Waals surface area contributed by atoms with Gasteiger partial charge in [0.1, 0.15) is 5.75 Å². The number of rotatable bonds is 3. The van der Waals surface area contributed by atoms with Crippen LogP contribution in [0.1, 0.15) is 31.9 Å². The van der Waals surface area contributed by atoms with Crippen LogP contribution in [0.4, 0.5) is 5.69 Å². The predicted molar refractivity (Wildman–Crippen MR) is 80.2 cm³/mol. The number of ether oxygens (including phenoxy) is 1. The summed E-state index contributed by atoms with van der Waals surface area (Å²) in [6.07, 6.45) is 5.03. The molecule has 106 valence electrons. The van der Waals surface area contributed by atoms with E-state index in [0.29, 0.717) is 0 Å². The summed E-state index contributed by atoms with van der Waals surface area (Å²) in [6.45, 7) is 8.04. The minimum Gasteiger partial charge on any atom is -0.493 e. The zero-order valence-electron chi connectivity index (χ0n) is 12.3. The molecule has 4 nitrogen and oxygen atoms in total. The molecule has 1 aromatic carbocycles. The van der Waals surface area contributed by atoms with Gasteiger partial charge < -0.3 is 10.1 Å². The lowest BCUT2D eigenvalue weighted by Crippen LogP contribution is -2.21. The Labute approximate surface area is 119 Å². The van der Waals surface area contributed by atoms with Crippen molar-refractivity contribution in [1.29, 1.82) is 0 Å². The SMILES string of the molecule is CC(C)(C)n1cc(CNc2ccc3c(c2)CCO3)cn1. The standard InChI is InChI=1S/C16H21N3O/c1-16(2,3)19-11-12(10-18-19)9-17-14-4-5-15-13(8-14)6-7-20-15/h4-5,8,10-11,17H,6-7,9H2,1-3H3. The second-order valence-electron chi connectivity index (χ2n) is 6.24. The molecule has 4 heteroatoms. The Kier molecular flexibility index (Phi) is 3.16. The van der Waals surface area contributed by atoms with E-state index in [9.17, 15) is 0 Å². The third-order valence-electron chi connectivity index (χ3n) is 3.51. The van der Waals surface area contributed by atoms with Crippen LogP contribution in [0.2, 0.25) is 0 Å². The first-order chi connectivity index (χ1) is 9.52. The van der Waals surface area contributed by atoms with Gasteiger partial charge in [0, 0.05) is 30.4 Å². The number of aromatic nitrogens is 2. The zero-order chi connectivity index (χ0) is 14.2. The third-order valence-corrected chi connectivity index (χ3v) is 3.51. The number of hydrogen-bond donors (Lipinski definition) is 1. The molecule has 0 unspecified atom stereocenters. The predicted octanol–water partition coefficient (Wildman–Crippen LogP) is 3.19. The van der Waals surface area contributed by atoms with E-state index >= 15 is 0 Å². The molecular formula is C16H21N3O. The lowest BCUT2D eigenvalue weighted by atomic mass is 10.1. The highest BCUT2D eigenvalue weighted by Gasteiger charge is 2.14. The van der Waals surface area contributed by atoms with Crippen molar-refractivity contribution in [3.8, 4) is 5.75 Å². The van der Waals surface area contributed by atoms with E-state index in [2.05, 4.69) is 49.5 Å². The van der Waals surface area contributed by atoms with Crippen molar-refractivity contribution < 1.29 is 4.74 Å². The van der Waals surface area contributed by atoms with Gasteiger partial charge in [0.15, 0.2) is 0 Å². The molecule has 2 heterocycles. The van der Waals surface area contributed by atoms with Gasteiger partial charge in [-0.2, -0.15) is 5.10 Å². The van der Waals surface area contributed by atoms with Gasteiger partial charge in [-0.25, -0.2) is 0 Å². The van der Waals surface area contributed by atoms with E-state index in [4.69, 9.17) is 4.74 Å². The molecule has 0 spiro atoms. The van der Waals surface area contributed by atoms with Gasteiger partial charge in [0.05, 0.1) is 18.3 Å². The van der Waals surface area contributed by atoms with Crippen molar-refractivity contribution in [2.24, 2.45) is 0 Å². The Morgan fingerprint density at radius 3 is 2.95 bits per heavy atom. The van der Waals surface area contributed by atoms with Gasteiger partial charge in [-0.3, -0.25) is 4.68 Å². The molecule has 0 fully saturated rings. The maximum atomic E-state index is 5.52. The Morgan fingerprint density at radius 2 is 2.20 bits per heavy atom. The summed E-state index contributed by atoms with van der Waals surface area (Å²) < 4.78 is 7.52. The molecule has 0 saturated heterocycles. The quantitative estimate of drug-likeness (QED) is 0.932. The molecule has 20 heavy (non-hydrogen) atoms. The number of fused-ring (bicyclic) bond motifs is 1. The van der Waals surface area contributed by atoms with Gasteiger partial charge in [0.2, 0.25) is 0 Å². The highest BCUT2D eigenvalue weighted by Crippen LogP contribution is 2.28. The molecule has 0 aliphatic carbocycles. The first-order valence-electron chi connectivity index (χ1n) is 7.06. The zero-order valence-corrected chi connectivity index (χ0v) is 12.3. The summed E-state index contributed by atoms with van der Waals surface area (Å²) in [5.41, 5.74) is 3.65. The summed E-state index contributed by atoms with van der Waals surface area (Å²) >= 11 is 0. The van der Waals surface area contributed by atoms with Crippen LogP contribution in [0.25, 0.3) is 0 Å². The van der Waals surface area contributed by atoms with Crippen LogP contribution in [-0.2, 0) is 18.5 Å². The summed E-state index contributed by atoms with van der Waals surface area (Å²) in [7, 11) is 0. The summed E-state index contributed by atoms with van der Waals surface area (Å²) in [5.74, 6) is 1.02. The van der Waals surface area contributed by atoms with Crippen LogP contribution in [-0.4, -0.2) is 16.4 Å². The van der Waals surface area contributed by atoms with E-state index in [1.807, 2.05) is 16.9 Å². The fourth-order valence-corrected chi connectivity index (χ4v) is 2.32. The molecule has 3 rings (SSSR count). The number of nitrogens with zero attached hydrogens (tertiary/aromatic N) is 2. The molecule has 1 N–H and O–H groups in total. The van der Waals surface area contributed by atoms with Crippen LogP contribution in [0.5, 0.6) is 5.75 Å². The van der Waals surface area contributed by atoms with E-state index in [0.717, 1.165) is 31.0 Å². The Bertz CT molecular complexity index is 610. The van der Waals surface area contributed by atoms with E-state index in [-0.39, 0.29) is 5.54 Å². The fraction of sp³-hybridized carbons (Fsp3) is 0.438. The van der Waals surface area contributed by atoms with Gasteiger partial charge in [-0.05, 0) is 44.5 Å². The highest BCUT2D eigenvalue weighted by atomic mass is 16.5. The second-order valence-corrected chi connectivity index (χ2v) is 6.24. The molecule has 1 aliphatic rings. The topological polar surface area (TPSA) is 39.1 Å². The first kappa shape index (κ1) is 13.0. The van der Waals surface area contributed by atoms with Gasteiger partial charge >= 0.3 is 0 Å². The lowest BCUT2D eigenvalue weighted by molar-refractivity contribution is 0.355. The average molecular weight is 271 g/mol. The molecule has 0 radical (unpaired) electrons. The maximum Gasteiger partial charge on any atom is 0.122 e. The molecule has 0 bridgehead atoms. The molecular weight excluding hydrogens is 250 g/mol. The first-order valence-corrected chi connectivity index (χ1v) is 7.06. The van der Waals surface area contributed by atoms with E-state index in [1.165, 1.54) is 11.1 Å². The molecule has 0 atom stereocenters. The second kappa shape index (κ2) is 4.85. The van der Waals surface area contributed by atoms with Crippen molar-refractivity contribution in [2.45, 2.75) is 39.3 Å². The van der Waals surface area contributed by atoms with Crippen molar-refractivity contribution >= 4 is 5.69 Å². The number of benzene rings is 1. The van der Waals surface area contributed by atoms with Gasteiger partial charge in [0.25, 0.3) is 0 Å². The van der Waals surface area contributed by atoms with Crippen LogP contribution < -0.4 is 10.1 Å². The molecule has 2 aromatic rings. The van der Waals surface area contributed by atoms with E-state index in [1.54, 1.807) is 0 Å². The van der Waals surface area contributed by atoms with E-state index < -0.39 is 0 Å². The molecule has 0 saturated carbocycles. The molecule has 0 amide bonds. The average Bonchev–Trinajstić information content (AvgIpc) is 3.04. The number of nitrogens with one attached hydrogen (secondary N) is 1. The van der Waals surface area contributed by atoms with Gasteiger partial charge in [-0.15, -0.1) is 0 Å². The minimum atomic E-state index is 0.0309. The molecule has 1 aromatic heterocycles. The van der Waals surface area contributed by atoms with Crippen LogP contribution >= 0.6 is 0 Å². The monoisotopic (exact) mass is 271 g/mol. The summed E-state index contributed by atoms with van der Waals surface area (Å²) in [4.78, 5) is 0. The highest BCUT2D eigenvalue weighted by molar-refractivity contribution is 5.52. The Morgan fingerprint density at radius 1 is 1.35 bits per heavy atom. The van der Waals surface area contributed by atoms with Crippen LogP contribution in [0.3, 0.4) is 0 Å². The van der Waals surface area contributed by atoms with Crippen LogP contribution in [0.15, 0.2) is 30.6 Å². The Balaban J connectivity index is 1.66. The third kappa shape index (κ3) is 2.64. The molecule has 1 aliphatic heterocycles. The van der Waals surface area contributed by atoms with Crippen molar-refractivity contribution in [3.05, 3.63) is 41.7 Å². The fourth-order valence-electron chi connectivity index (χ4n) is 2.32. The van der Waals surface area contributed by atoms with Crippen molar-refractivity contribution in [3.63, 3.8) is 0 Å². The Hall–Kier alpha value is -1.97. The smallest absolute Gasteiger partial charge is 0.122 e. The minimum absolute atomic E-state index is 0.0309. The van der Waals surface area contributed by atoms with Gasteiger partial charge in [-0.1, -0.05) is 0 Å².